The van der Waals surface area contributed by atoms with Gasteiger partial charge in [0.2, 0.25) is 5.91 Å². The highest BCUT2D eigenvalue weighted by atomic mass is 35.5. The number of hydrogen-bond acceptors (Lipinski definition) is 3. The van der Waals surface area contributed by atoms with Gasteiger partial charge in [-0.1, -0.05) is 11.6 Å². The van der Waals surface area contributed by atoms with Crippen LogP contribution in [-0.2, 0) is 17.5 Å². The molecule has 27 heavy (non-hydrogen) atoms. The molecule has 152 valence electrons. The molecule has 1 aliphatic carbocycles. The number of hydrogen-bond donors (Lipinski definition) is 2. The number of nitrogens with one attached hydrogen (secondary N) is 2. The van der Waals surface area contributed by atoms with Gasteiger partial charge in [-0.3, -0.25) is 9.48 Å². The molecule has 3 rings (SSSR count). The standard InChI is InChI=1S/C18H26ClF3N4O/c1-16(2)7-11(8-17(3,4)25-16)23-12(27)9-26-14(10-5-6-10)13(19)15(24-26)18(20,21)22/h10-11,25H,5-9H2,1-4H3,(H,23,27). The SMILES string of the molecule is CC1(C)CC(NC(=O)Cn2nc(C(F)(F)F)c(Cl)c2C2CC2)CC(C)(C)N1. The summed E-state index contributed by atoms with van der Waals surface area (Å²) >= 11 is 5.96. The van der Waals surface area contributed by atoms with E-state index in [0.29, 0.717) is 5.69 Å². The Balaban J connectivity index is 1.75. The van der Waals surface area contributed by atoms with E-state index in [1.54, 1.807) is 0 Å². The number of amides is 1. The number of nitrogens with zero attached hydrogens (tertiary/aromatic N) is 2. The lowest BCUT2D eigenvalue weighted by Gasteiger charge is -2.46. The number of alkyl halides is 3. The monoisotopic (exact) mass is 406 g/mol. The number of aromatic nitrogens is 2. The Labute approximate surface area is 162 Å². The maximum absolute atomic E-state index is 13.1. The second-order valence-corrected chi connectivity index (χ2v) is 9.42. The minimum Gasteiger partial charge on any atom is -0.352 e. The molecule has 1 aliphatic heterocycles. The van der Waals surface area contributed by atoms with Crippen molar-refractivity contribution in [3.8, 4) is 0 Å². The molecule has 5 nitrogen and oxygen atoms in total. The molecule has 9 heteroatoms. The smallest absolute Gasteiger partial charge is 0.352 e. The zero-order chi connectivity index (χ0) is 20.2. The fraction of sp³-hybridized carbons (Fsp3) is 0.778. The van der Waals surface area contributed by atoms with Gasteiger partial charge in [-0.25, -0.2) is 0 Å². The van der Waals surface area contributed by atoms with Crippen LogP contribution in [0.5, 0.6) is 0 Å². The number of halogens is 4. The molecular weight excluding hydrogens is 381 g/mol. The van der Waals surface area contributed by atoms with Crippen molar-refractivity contribution in [1.82, 2.24) is 20.4 Å². The van der Waals surface area contributed by atoms with E-state index in [-0.39, 0.29) is 40.5 Å². The van der Waals surface area contributed by atoms with Gasteiger partial charge in [-0.15, -0.1) is 0 Å². The fourth-order valence-electron chi connectivity index (χ4n) is 4.34. The van der Waals surface area contributed by atoms with Crippen molar-refractivity contribution < 1.29 is 18.0 Å². The van der Waals surface area contributed by atoms with Crippen molar-refractivity contribution in [2.45, 2.75) is 89.1 Å². The van der Waals surface area contributed by atoms with Crippen molar-refractivity contribution in [2.24, 2.45) is 0 Å². The highest BCUT2D eigenvalue weighted by molar-refractivity contribution is 6.32. The maximum Gasteiger partial charge on any atom is 0.436 e. The van der Waals surface area contributed by atoms with Crippen LogP contribution in [0.25, 0.3) is 0 Å². The van der Waals surface area contributed by atoms with Crippen molar-refractivity contribution in [3.05, 3.63) is 16.4 Å². The van der Waals surface area contributed by atoms with Crippen molar-refractivity contribution >= 4 is 17.5 Å². The second-order valence-electron chi connectivity index (χ2n) is 9.04. The highest BCUT2D eigenvalue weighted by Gasteiger charge is 2.42. The molecule has 1 amide bonds. The highest BCUT2D eigenvalue weighted by Crippen LogP contribution is 2.46. The van der Waals surface area contributed by atoms with Crippen molar-refractivity contribution in [1.29, 1.82) is 0 Å². The summed E-state index contributed by atoms with van der Waals surface area (Å²) in [7, 11) is 0. The molecule has 0 radical (unpaired) electrons. The lowest BCUT2D eigenvalue weighted by atomic mass is 9.79. The van der Waals surface area contributed by atoms with Crippen molar-refractivity contribution in [2.75, 3.05) is 0 Å². The summed E-state index contributed by atoms with van der Waals surface area (Å²) in [6.07, 6.45) is -1.62. The first-order valence-corrected chi connectivity index (χ1v) is 9.57. The van der Waals surface area contributed by atoms with Gasteiger partial charge in [0, 0.05) is 23.0 Å². The zero-order valence-electron chi connectivity index (χ0n) is 16.0. The Morgan fingerprint density at radius 1 is 1.26 bits per heavy atom. The van der Waals surface area contributed by atoms with E-state index in [1.807, 2.05) is 0 Å². The molecule has 2 heterocycles. The van der Waals surface area contributed by atoms with E-state index in [2.05, 4.69) is 43.4 Å². The van der Waals surface area contributed by atoms with Crippen LogP contribution in [0.2, 0.25) is 5.02 Å². The van der Waals surface area contributed by atoms with E-state index >= 15 is 0 Å². The summed E-state index contributed by atoms with van der Waals surface area (Å²) in [6.45, 7) is 8.02. The quantitative estimate of drug-likeness (QED) is 0.798. The minimum absolute atomic E-state index is 0.0503. The summed E-state index contributed by atoms with van der Waals surface area (Å²) in [5.74, 6) is -0.395. The van der Waals surface area contributed by atoms with Gasteiger partial charge in [-0.2, -0.15) is 18.3 Å². The average molecular weight is 407 g/mol. The van der Waals surface area contributed by atoms with Gasteiger partial charge >= 0.3 is 6.18 Å². The minimum atomic E-state index is -4.63. The van der Waals surface area contributed by atoms with Crippen LogP contribution in [0.3, 0.4) is 0 Å². The summed E-state index contributed by atoms with van der Waals surface area (Å²) in [5, 5.41) is 9.75. The summed E-state index contributed by atoms with van der Waals surface area (Å²) in [6, 6.07) is -0.0544. The van der Waals surface area contributed by atoms with Gasteiger partial charge in [0.25, 0.3) is 0 Å². The van der Waals surface area contributed by atoms with Crippen molar-refractivity contribution in [3.63, 3.8) is 0 Å². The Morgan fingerprint density at radius 2 is 1.81 bits per heavy atom. The Kier molecular flexibility index (Phi) is 5.04. The molecule has 1 saturated heterocycles. The van der Waals surface area contributed by atoms with Gasteiger partial charge in [-0.05, 0) is 53.4 Å². The normalized spacial score (nSPS) is 22.7. The summed E-state index contributed by atoms with van der Waals surface area (Å²) in [4.78, 5) is 12.6. The Hall–Kier alpha value is -1.28. The average Bonchev–Trinajstić information content (AvgIpc) is 3.19. The largest absolute Gasteiger partial charge is 0.436 e. The first-order valence-electron chi connectivity index (χ1n) is 9.19. The molecular formula is C18H26ClF3N4O. The molecule has 1 aromatic rings. The maximum atomic E-state index is 13.1. The van der Waals surface area contributed by atoms with E-state index in [4.69, 9.17) is 11.6 Å². The Bertz CT molecular complexity index is 722. The molecule has 0 bridgehead atoms. The van der Waals surface area contributed by atoms with Crippen LogP contribution >= 0.6 is 11.6 Å². The van der Waals surface area contributed by atoms with E-state index in [9.17, 15) is 18.0 Å². The van der Waals surface area contributed by atoms with Crippen LogP contribution in [0.15, 0.2) is 0 Å². The molecule has 2 fully saturated rings. The summed E-state index contributed by atoms with van der Waals surface area (Å²) in [5.41, 5.74) is -1.07. The molecule has 0 unspecified atom stereocenters. The molecule has 2 aliphatic rings. The van der Waals surface area contributed by atoms with E-state index in [0.717, 1.165) is 30.4 Å². The molecule has 0 spiro atoms. The van der Waals surface area contributed by atoms with Gasteiger partial charge in [0.1, 0.15) is 6.54 Å². The van der Waals surface area contributed by atoms with Gasteiger partial charge in [0.15, 0.2) is 5.69 Å². The van der Waals surface area contributed by atoms with E-state index in [1.165, 1.54) is 0 Å². The fourth-order valence-corrected chi connectivity index (χ4v) is 4.73. The van der Waals surface area contributed by atoms with Gasteiger partial charge in [0.05, 0.1) is 10.7 Å². The number of carbonyl (C=O) groups is 1. The lowest BCUT2D eigenvalue weighted by molar-refractivity contribution is -0.141. The molecule has 0 aromatic carbocycles. The second kappa shape index (κ2) is 6.65. The molecule has 0 atom stereocenters. The van der Waals surface area contributed by atoms with Crippen LogP contribution < -0.4 is 10.6 Å². The predicted molar refractivity (Wildman–Crippen MR) is 96.7 cm³/mol. The molecule has 2 N–H and O–H groups in total. The number of piperidine rings is 1. The van der Waals surface area contributed by atoms with Crippen LogP contribution in [0, 0.1) is 0 Å². The first-order chi connectivity index (χ1) is 12.3. The predicted octanol–water partition coefficient (Wildman–Crippen LogP) is 3.86. The lowest BCUT2D eigenvalue weighted by Crippen LogP contribution is -2.62. The van der Waals surface area contributed by atoms with Crippen LogP contribution in [-0.4, -0.2) is 32.8 Å². The molecule has 1 aromatic heterocycles. The third kappa shape index (κ3) is 4.77. The topological polar surface area (TPSA) is 59.0 Å². The van der Waals surface area contributed by atoms with Gasteiger partial charge < -0.3 is 10.6 Å². The third-order valence-electron chi connectivity index (χ3n) is 5.01. The first kappa shape index (κ1) is 20.5. The number of carbonyl (C=O) groups excluding carboxylic acids is 1. The Morgan fingerprint density at radius 3 is 2.30 bits per heavy atom. The van der Waals surface area contributed by atoms with E-state index < -0.39 is 11.9 Å². The third-order valence-corrected chi connectivity index (χ3v) is 5.39. The zero-order valence-corrected chi connectivity index (χ0v) is 16.8. The van der Waals surface area contributed by atoms with Crippen LogP contribution in [0.4, 0.5) is 13.2 Å². The van der Waals surface area contributed by atoms with Crippen LogP contribution in [0.1, 0.15) is 70.7 Å². The summed E-state index contributed by atoms with van der Waals surface area (Å²) < 4.78 is 40.6. The molecule has 1 saturated carbocycles. The number of rotatable bonds is 4.